The predicted octanol–water partition coefficient (Wildman–Crippen LogP) is 2.76. The molecule has 0 amide bonds. The first-order valence-electron chi connectivity index (χ1n) is 7.66. The Morgan fingerprint density at radius 2 is 2.05 bits per heavy atom. The quantitative estimate of drug-likeness (QED) is 0.831. The predicted molar refractivity (Wildman–Crippen MR) is 94.9 cm³/mol. The summed E-state index contributed by atoms with van der Waals surface area (Å²) in [5.74, 6) is 0. The maximum atomic E-state index is 5.46. The molecule has 2 rings (SSSR count). The zero-order valence-electron chi connectivity index (χ0n) is 13.5. The van der Waals surface area contributed by atoms with Crippen LogP contribution in [0.2, 0.25) is 0 Å². The van der Waals surface area contributed by atoms with Gasteiger partial charge in [0.1, 0.15) is 0 Å². The molecule has 0 aliphatic carbocycles. The highest BCUT2D eigenvalue weighted by atomic mass is 32.1. The minimum atomic E-state index is 0.777. The van der Waals surface area contributed by atoms with Crippen molar-refractivity contribution in [2.45, 2.75) is 33.4 Å². The molecule has 0 unspecified atom stereocenters. The molecule has 0 bridgehead atoms. The number of hydrogen-bond donors (Lipinski definition) is 1. The molecule has 0 radical (unpaired) electrons. The Balaban J connectivity index is 1.80. The molecule has 1 N–H and O–H groups in total. The summed E-state index contributed by atoms with van der Waals surface area (Å²) in [6.45, 7) is 6.66. The van der Waals surface area contributed by atoms with E-state index in [0.717, 1.165) is 36.9 Å². The second kappa shape index (κ2) is 7.94. The Labute approximate surface area is 138 Å². The van der Waals surface area contributed by atoms with Gasteiger partial charge < -0.3 is 10.2 Å². The van der Waals surface area contributed by atoms with Crippen LogP contribution in [0.3, 0.4) is 0 Å². The van der Waals surface area contributed by atoms with Gasteiger partial charge in [0, 0.05) is 38.4 Å². The SMILES string of the molecule is CCn1cc(CN(C)C(=S)NCCc2ccccc2)c(C)n1. The van der Waals surface area contributed by atoms with E-state index in [0.29, 0.717) is 0 Å². The molecule has 1 aromatic carbocycles. The van der Waals surface area contributed by atoms with Crippen LogP contribution < -0.4 is 5.32 Å². The molecule has 0 fully saturated rings. The highest BCUT2D eigenvalue weighted by molar-refractivity contribution is 7.80. The lowest BCUT2D eigenvalue weighted by Gasteiger charge is -2.20. The Kier molecular flexibility index (Phi) is 5.95. The van der Waals surface area contributed by atoms with Gasteiger partial charge in [0.25, 0.3) is 0 Å². The van der Waals surface area contributed by atoms with Crippen LogP contribution >= 0.6 is 12.2 Å². The smallest absolute Gasteiger partial charge is 0.168 e. The van der Waals surface area contributed by atoms with Crippen molar-refractivity contribution in [1.82, 2.24) is 20.0 Å². The number of aryl methyl sites for hydroxylation is 2. The molecular formula is C17H24N4S. The average Bonchev–Trinajstić information content (AvgIpc) is 2.88. The van der Waals surface area contributed by atoms with Gasteiger partial charge in [-0.15, -0.1) is 0 Å². The molecule has 0 atom stereocenters. The molecule has 0 saturated carbocycles. The maximum absolute atomic E-state index is 5.46. The van der Waals surface area contributed by atoms with Crippen LogP contribution in [0.4, 0.5) is 0 Å². The lowest BCUT2D eigenvalue weighted by atomic mass is 10.1. The lowest BCUT2D eigenvalue weighted by Crippen LogP contribution is -2.37. The average molecular weight is 316 g/mol. The summed E-state index contributed by atoms with van der Waals surface area (Å²) in [6, 6.07) is 10.4. The summed E-state index contributed by atoms with van der Waals surface area (Å²) in [6.07, 6.45) is 3.07. The zero-order chi connectivity index (χ0) is 15.9. The van der Waals surface area contributed by atoms with Gasteiger partial charge in [-0.05, 0) is 38.0 Å². The fourth-order valence-electron chi connectivity index (χ4n) is 2.30. The van der Waals surface area contributed by atoms with Crippen molar-refractivity contribution in [3.63, 3.8) is 0 Å². The van der Waals surface area contributed by atoms with Crippen LogP contribution in [0.1, 0.15) is 23.7 Å². The first kappa shape index (κ1) is 16.5. The van der Waals surface area contributed by atoms with E-state index in [1.807, 2.05) is 24.7 Å². The normalized spacial score (nSPS) is 10.5. The maximum Gasteiger partial charge on any atom is 0.168 e. The van der Waals surface area contributed by atoms with Crippen molar-refractivity contribution >= 4 is 17.3 Å². The molecule has 0 saturated heterocycles. The first-order chi connectivity index (χ1) is 10.6. The van der Waals surface area contributed by atoms with Crippen molar-refractivity contribution in [2.24, 2.45) is 0 Å². The molecule has 2 aromatic rings. The van der Waals surface area contributed by atoms with Crippen LogP contribution in [0.25, 0.3) is 0 Å². The molecule has 4 nitrogen and oxygen atoms in total. The lowest BCUT2D eigenvalue weighted by molar-refractivity contribution is 0.487. The van der Waals surface area contributed by atoms with E-state index < -0.39 is 0 Å². The summed E-state index contributed by atoms with van der Waals surface area (Å²) in [5.41, 5.74) is 3.61. The highest BCUT2D eigenvalue weighted by Crippen LogP contribution is 2.08. The second-order valence-corrected chi connectivity index (χ2v) is 5.81. The van der Waals surface area contributed by atoms with Gasteiger partial charge in [0.15, 0.2) is 5.11 Å². The van der Waals surface area contributed by atoms with E-state index in [9.17, 15) is 0 Å². The number of nitrogens with zero attached hydrogens (tertiary/aromatic N) is 3. The number of nitrogens with one attached hydrogen (secondary N) is 1. The summed E-state index contributed by atoms with van der Waals surface area (Å²) < 4.78 is 1.96. The van der Waals surface area contributed by atoms with Crippen LogP contribution in [-0.4, -0.2) is 33.4 Å². The highest BCUT2D eigenvalue weighted by Gasteiger charge is 2.09. The minimum absolute atomic E-state index is 0.777. The van der Waals surface area contributed by atoms with Crippen molar-refractivity contribution in [3.8, 4) is 0 Å². The molecule has 0 aliphatic heterocycles. The summed E-state index contributed by atoms with van der Waals surface area (Å²) in [4.78, 5) is 2.06. The molecule has 1 heterocycles. The first-order valence-corrected chi connectivity index (χ1v) is 8.06. The number of aromatic nitrogens is 2. The van der Waals surface area contributed by atoms with Gasteiger partial charge in [0.2, 0.25) is 0 Å². The second-order valence-electron chi connectivity index (χ2n) is 5.42. The summed E-state index contributed by atoms with van der Waals surface area (Å²) in [5, 5.41) is 8.57. The Morgan fingerprint density at radius 3 is 2.68 bits per heavy atom. The van der Waals surface area contributed by atoms with Gasteiger partial charge in [-0.1, -0.05) is 30.3 Å². The van der Waals surface area contributed by atoms with E-state index in [1.54, 1.807) is 0 Å². The van der Waals surface area contributed by atoms with Gasteiger partial charge >= 0.3 is 0 Å². The van der Waals surface area contributed by atoms with Crippen LogP contribution in [-0.2, 0) is 19.5 Å². The van der Waals surface area contributed by atoms with Crippen LogP contribution in [0, 0.1) is 6.92 Å². The van der Waals surface area contributed by atoms with Crippen molar-refractivity contribution in [2.75, 3.05) is 13.6 Å². The van der Waals surface area contributed by atoms with Gasteiger partial charge in [-0.3, -0.25) is 4.68 Å². The van der Waals surface area contributed by atoms with Crippen LogP contribution in [0.15, 0.2) is 36.5 Å². The standard InChI is InChI=1S/C17H24N4S/c1-4-21-13-16(14(2)19-21)12-20(3)17(22)18-11-10-15-8-6-5-7-9-15/h5-9,13H,4,10-12H2,1-3H3,(H,18,22). The molecule has 0 spiro atoms. The molecule has 1 aromatic heterocycles. The van der Waals surface area contributed by atoms with E-state index >= 15 is 0 Å². The van der Waals surface area contributed by atoms with Crippen molar-refractivity contribution in [1.29, 1.82) is 0 Å². The third-order valence-electron chi connectivity index (χ3n) is 3.66. The number of thiocarbonyl (C=S) groups is 1. The fraction of sp³-hybridized carbons (Fsp3) is 0.412. The number of rotatable bonds is 6. The summed E-state index contributed by atoms with van der Waals surface area (Å²) in [7, 11) is 2.01. The van der Waals surface area contributed by atoms with Gasteiger partial charge in [-0.2, -0.15) is 5.10 Å². The minimum Gasteiger partial charge on any atom is -0.362 e. The molecule has 22 heavy (non-hydrogen) atoms. The van der Waals surface area contributed by atoms with E-state index in [1.165, 1.54) is 11.1 Å². The number of hydrogen-bond acceptors (Lipinski definition) is 2. The third kappa shape index (κ3) is 4.56. The van der Waals surface area contributed by atoms with E-state index in [-0.39, 0.29) is 0 Å². The Morgan fingerprint density at radius 1 is 1.32 bits per heavy atom. The third-order valence-corrected chi connectivity index (χ3v) is 4.11. The largest absolute Gasteiger partial charge is 0.362 e. The monoisotopic (exact) mass is 316 g/mol. The van der Waals surface area contributed by atoms with Gasteiger partial charge in [-0.25, -0.2) is 0 Å². The van der Waals surface area contributed by atoms with E-state index in [4.69, 9.17) is 12.2 Å². The Hall–Kier alpha value is -1.88. The molecule has 5 heteroatoms. The topological polar surface area (TPSA) is 33.1 Å². The zero-order valence-corrected chi connectivity index (χ0v) is 14.4. The van der Waals surface area contributed by atoms with Crippen molar-refractivity contribution < 1.29 is 0 Å². The molecule has 0 aliphatic rings. The fourth-order valence-corrected chi connectivity index (χ4v) is 2.46. The Bertz CT molecular complexity index is 606. The molecule has 118 valence electrons. The van der Waals surface area contributed by atoms with Crippen LogP contribution in [0.5, 0.6) is 0 Å². The molecular weight excluding hydrogens is 292 g/mol. The van der Waals surface area contributed by atoms with E-state index in [2.05, 4.69) is 52.7 Å². The van der Waals surface area contributed by atoms with Crippen molar-refractivity contribution in [3.05, 3.63) is 53.3 Å². The van der Waals surface area contributed by atoms with Gasteiger partial charge in [0.05, 0.1) is 5.69 Å². The number of benzene rings is 1. The summed E-state index contributed by atoms with van der Waals surface area (Å²) >= 11 is 5.46.